The molecule has 26 heavy (non-hydrogen) atoms. The number of carboxylic acids is 1. The van der Waals surface area contributed by atoms with Gasteiger partial charge in [-0.25, -0.2) is 9.18 Å². The topological polar surface area (TPSA) is 105 Å². The molecule has 9 heteroatoms. The number of benzene rings is 1. The van der Waals surface area contributed by atoms with E-state index in [-0.39, 0.29) is 30.5 Å². The van der Waals surface area contributed by atoms with Crippen molar-refractivity contribution in [2.24, 2.45) is 0 Å². The number of carbonyl (C=O) groups excluding carboxylic acids is 1. The molecule has 0 spiro atoms. The van der Waals surface area contributed by atoms with Crippen molar-refractivity contribution in [3.05, 3.63) is 35.5 Å². The van der Waals surface area contributed by atoms with E-state index in [0.717, 1.165) is 0 Å². The minimum absolute atomic E-state index is 0.0454. The van der Waals surface area contributed by atoms with Crippen molar-refractivity contribution in [1.29, 1.82) is 0 Å². The van der Waals surface area contributed by atoms with E-state index in [2.05, 4.69) is 15.5 Å². The first-order valence-corrected chi connectivity index (χ1v) is 9.26. The first-order valence-electron chi connectivity index (χ1n) is 8.11. The first kappa shape index (κ1) is 18.4. The zero-order chi connectivity index (χ0) is 18.7. The van der Waals surface area contributed by atoms with Crippen molar-refractivity contribution >= 4 is 23.6 Å². The molecule has 1 unspecified atom stereocenters. The zero-order valence-electron chi connectivity index (χ0n) is 14.1. The summed E-state index contributed by atoms with van der Waals surface area (Å²) in [4.78, 5) is 27.8. The van der Waals surface area contributed by atoms with Crippen LogP contribution in [0.5, 0.6) is 0 Å². The van der Waals surface area contributed by atoms with E-state index in [9.17, 15) is 19.1 Å². The van der Waals surface area contributed by atoms with Gasteiger partial charge in [0.05, 0.1) is 0 Å². The molecule has 1 fully saturated rings. The molecular formula is C17H18FN3O4S. The minimum atomic E-state index is -1.19. The Balaban J connectivity index is 1.60. The van der Waals surface area contributed by atoms with Crippen LogP contribution in [0.25, 0.3) is 11.4 Å². The fourth-order valence-corrected chi connectivity index (χ4v) is 4.02. The van der Waals surface area contributed by atoms with Crippen LogP contribution in [0.2, 0.25) is 0 Å². The van der Waals surface area contributed by atoms with Crippen LogP contribution in [0.1, 0.15) is 24.3 Å². The number of nitrogens with zero attached hydrogens (tertiary/aromatic N) is 2. The standard InChI is InChI=1S/C17H18FN3O4S/c1-10-8-11(2-3-12(10)18)15-19-14(25-21-15)5-4-13(22)20-17(16(23)24)6-7-26-9-17/h2-3,8H,4-7,9H2,1H3,(H,20,22)(H,23,24). The lowest BCUT2D eigenvalue weighted by Gasteiger charge is -2.24. The van der Waals surface area contributed by atoms with Crippen molar-refractivity contribution in [2.45, 2.75) is 31.7 Å². The number of aliphatic carboxylic acids is 1. The van der Waals surface area contributed by atoms with Crippen molar-refractivity contribution < 1.29 is 23.6 Å². The molecule has 0 bridgehead atoms. The summed E-state index contributed by atoms with van der Waals surface area (Å²) < 4.78 is 18.5. The van der Waals surface area contributed by atoms with E-state index in [1.807, 2.05) is 0 Å². The minimum Gasteiger partial charge on any atom is -0.479 e. The quantitative estimate of drug-likeness (QED) is 0.792. The SMILES string of the molecule is Cc1cc(-c2noc(CCC(=O)NC3(C(=O)O)CCSC3)n2)ccc1F. The maximum absolute atomic E-state index is 13.3. The monoisotopic (exact) mass is 379 g/mol. The largest absolute Gasteiger partial charge is 0.479 e. The fraction of sp³-hybridized carbons (Fsp3) is 0.412. The van der Waals surface area contributed by atoms with Crippen LogP contribution in [0, 0.1) is 12.7 Å². The normalized spacial score (nSPS) is 19.5. The molecule has 7 nitrogen and oxygen atoms in total. The van der Waals surface area contributed by atoms with Gasteiger partial charge in [-0.1, -0.05) is 5.16 Å². The molecule has 3 rings (SSSR count). The van der Waals surface area contributed by atoms with Crippen LogP contribution < -0.4 is 5.32 Å². The number of carboxylic acid groups (broad SMARTS) is 1. The smallest absolute Gasteiger partial charge is 0.330 e. The molecule has 1 aliphatic rings. The van der Waals surface area contributed by atoms with Gasteiger partial charge in [0.1, 0.15) is 11.4 Å². The molecule has 1 aliphatic heterocycles. The van der Waals surface area contributed by atoms with Gasteiger partial charge in [-0.2, -0.15) is 16.7 Å². The number of carbonyl (C=O) groups is 2. The van der Waals surface area contributed by atoms with Gasteiger partial charge in [0, 0.05) is 24.2 Å². The highest BCUT2D eigenvalue weighted by Gasteiger charge is 2.43. The van der Waals surface area contributed by atoms with E-state index in [1.165, 1.54) is 17.8 Å². The number of hydrogen-bond acceptors (Lipinski definition) is 6. The molecule has 2 N–H and O–H groups in total. The van der Waals surface area contributed by atoms with Crippen LogP contribution in [-0.2, 0) is 16.0 Å². The summed E-state index contributed by atoms with van der Waals surface area (Å²) in [6, 6.07) is 4.50. The summed E-state index contributed by atoms with van der Waals surface area (Å²) in [5.74, 6) is -0.0409. The summed E-state index contributed by atoms with van der Waals surface area (Å²) >= 11 is 1.51. The first-order chi connectivity index (χ1) is 12.4. The average Bonchev–Trinajstić information content (AvgIpc) is 3.26. The van der Waals surface area contributed by atoms with E-state index in [4.69, 9.17) is 4.52 Å². The van der Waals surface area contributed by atoms with Crippen molar-refractivity contribution in [1.82, 2.24) is 15.5 Å². The molecule has 2 heterocycles. The van der Waals surface area contributed by atoms with Crippen LogP contribution in [0.3, 0.4) is 0 Å². The van der Waals surface area contributed by atoms with Crippen molar-refractivity contribution in [2.75, 3.05) is 11.5 Å². The van der Waals surface area contributed by atoms with E-state index in [0.29, 0.717) is 34.9 Å². The average molecular weight is 379 g/mol. The number of rotatable bonds is 6. The van der Waals surface area contributed by atoms with Gasteiger partial charge in [-0.05, 0) is 42.9 Å². The lowest BCUT2D eigenvalue weighted by Crippen LogP contribution is -2.54. The summed E-state index contributed by atoms with van der Waals surface area (Å²) in [6.07, 6.45) is 0.652. The highest BCUT2D eigenvalue weighted by atomic mass is 32.2. The number of nitrogens with one attached hydrogen (secondary N) is 1. The van der Waals surface area contributed by atoms with Gasteiger partial charge in [0.15, 0.2) is 0 Å². The van der Waals surface area contributed by atoms with Crippen molar-refractivity contribution in [3.8, 4) is 11.4 Å². The summed E-state index contributed by atoms with van der Waals surface area (Å²) in [5, 5.41) is 15.8. The number of amides is 1. The Morgan fingerprint density at radius 1 is 1.46 bits per heavy atom. The molecule has 1 atom stereocenters. The van der Waals surface area contributed by atoms with Gasteiger partial charge in [-0.15, -0.1) is 0 Å². The van der Waals surface area contributed by atoms with Crippen molar-refractivity contribution in [3.63, 3.8) is 0 Å². The molecule has 1 saturated heterocycles. The molecule has 138 valence electrons. The molecule has 1 amide bonds. The van der Waals surface area contributed by atoms with Gasteiger partial charge in [0.25, 0.3) is 0 Å². The second kappa shape index (κ2) is 7.45. The maximum atomic E-state index is 13.3. The van der Waals surface area contributed by atoms with Crippen LogP contribution >= 0.6 is 11.8 Å². The van der Waals surface area contributed by atoms with Crippen LogP contribution in [0.4, 0.5) is 4.39 Å². The number of aromatic nitrogens is 2. The molecular weight excluding hydrogens is 361 g/mol. The Hall–Kier alpha value is -2.42. The third kappa shape index (κ3) is 3.87. The second-order valence-corrected chi connectivity index (χ2v) is 7.32. The van der Waals surface area contributed by atoms with E-state index < -0.39 is 11.5 Å². The van der Waals surface area contributed by atoms with Gasteiger partial charge < -0.3 is 14.9 Å². The maximum Gasteiger partial charge on any atom is 0.330 e. The molecule has 2 aromatic rings. The van der Waals surface area contributed by atoms with E-state index >= 15 is 0 Å². The third-order valence-electron chi connectivity index (χ3n) is 4.26. The number of halogens is 1. The Labute approximate surface area is 153 Å². The second-order valence-electron chi connectivity index (χ2n) is 6.21. The molecule has 1 aromatic heterocycles. The molecule has 0 radical (unpaired) electrons. The molecule has 0 aliphatic carbocycles. The van der Waals surface area contributed by atoms with Crippen LogP contribution in [-0.4, -0.2) is 44.2 Å². The van der Waals surface area contributed by atoms with E-state index in [1.54, 1.807) is 19.1 Å². The highest BCUT2D eigenvalue weighted by molar-refractivity contribution is 7.99. The highest BCUT2D eigenvalue weighted by Crippen LogP contribution is 2.28. The lowest BCUT2D eigenvalue weighted by molar-refractivity contribution is -0.146. The number of aryl methyl sites for hydroxylation is 2. The Kier molecular flexibility index (Phi) is 5.26. The van der Waals surface area contributed by atoms with Gasteiger partial charge in [0.2, 0.25) is 17.6 Å². The Bertz CT molecular complexity index is 833. The van der Waals surface area contributed by atoms with Gasteiger partial charge in [-0.3, -0.25) is 4.79 Å². The fourth-order valence-electron chi connectivity index (χ4n) is 2.69. The predicted octanol–water partition coefficient (Wildman–Crippen LogP) is 2.19. The Morgan fingerprint density at radius 2 is 2.27 bits per heavy atom. The zero-order valence-corrected chi connectivity index (χ0v) is 14.9. The van der Waals surface area contributed by atoms with Gasteiger partial charge >= 0.3 is 5.97 Å². The number of hydrogen-bond donors (Lipinski definition) is 2. The lowest BCUT2D eigenvalue weighted by atomic mass is 9.99. The molecule has 1 aromatic carbocycles. The predicted molar refractivity (Wildman–Crippen MR) is 93.2 cm³/mol. The Morgan fingerprint density at radius 3 is 2.92 bits per heavy atom. The summed E-state index contributed by atoms with van der Waals surface area (Å²) in [5.41, 5.74) is -0.0919. The van der Waals surface area contributed by atoms with Crippen LogP contribution in [0.15, 0.2) is 22.7 Å². The number of thioether (sulfide) groups is 1. The molecule has 0 saturated carbocycles. The third-order valence-corrected chi connectivity index (χ3v) is 5.45. The summed E-state index contributed by atoms with van der Waals surface area (Å²) in [6.45, 7) is 1.64. The summed E-state index contributed by atoms with van der Waals surface area (Å²) in [7, 11) is 0.